The number of carbonyl (C=O) groups excluding carboxylic acids is 1. The molecule has 0 radical (unpaired) electrons. The summed E-state index contributed by atoms with van der Waals surface area (Å²) in [6.07, 6.45) is -4.46. The minimum Gasteiger partial charge on any atom is -0.456 e. The fourth-order valence-electron chi connectivity index (χ4n) is 2.89. The predicted octanol–water partition coefficient (Wildman–Crippen LogP) is 3.13. The maximum atomic E-state index is 12.8. The van der Waals surface area contributed by atoms with Crippen molar-refractivity contribution in [1.82, 2.24) is 9.13 Å². The van der Waals surface area contributed by atoms with Crippen molar-refractivity contribution >= 4 is 5.97 Å². The van der Waals surface area contributed by atoms with E-state index in [9.17, 15) is 27.6 Å². The molecule has 30 heavy (non-hydrogen) atoms. The lowest BCUT2D eigenvalue weighted by Crippen LogP contribution is -2.38. The summed E-state index contributed by atoms with van der Waals surface area (Å²) in [6.45, 7) is -0.317. The number of carbonyl (C=O) groups is 1. The molecule has 0 saturated carbocycles. The van der Waals surface area contributed by atoms with Crippen LogP contribution in [0.1, 0.15) is 21.6 Å². The largest absolute Gasteiger partial charge is 0.456 e. The number of halogens is 3. The van der Waals surface area contributed by atoms with E-state index >= 15 is 0 Å². The van der Waals surface area contributed by atoms with Crippen LogP contribution < -0.4 is 11.2 Å². The maximum absolute atomic E-state index is 12.8. The Bertz CT molecular complexity index is 1210. The van der Waals surface area contributed by atoms with Gasteiger partial charge >= 0.3 is 17.8 Å². The van der Waals surface area contributed by atoms with Crippen molar-refractivity contribution < 1.29 is 22.7 Å². The molecule has 1 heterocycles. The first-order chi connectivity index (χ1) is 14.1. The van der Waals surface area contributed by atoms with Crippen molar-refractivity contribution in [2.75, 3.05) is 0 Å². The molecule has 0 saturated heterocycles. The lowest BCUT2D eigenvalue weighted by Gasteiger charge is -2.13. The van der Waals surface area contributed by atoms with Crippen molar-refractivity contribution in [1.29, 1.82) is 0 Å². The second kappa shape index (κ2) is 8.02. The van der Waals surface area contributed by atoms with Crippen LogP contribution >= 0.6 is 0 Å². The smallest absolute Gasteiger partial charge is 0.416 e. The van der Waals surface area contributed by atoms with E-state index in [1.165, 1.54) is 42.9 Å². The molecule has 1 aromatic heterocycles. The number of nitrogens with zero attached hydrogens (tertiary/aromatic N) is 2. The zero-order valence-corrected chi connectivity index (χ0v) is 16.1. The van der Waals surface area contributed by atoms with Gasteiger partial charge in [0.05, 0.1) is 16.8 Å². The fraction of sp³-hybridized carbons (Fsp3) is 0.190. The van der Waals surface area contributed by atoms with Crippen molar-refractivity contribution in [3.05, 3.63) is 92.3 Å². The normalized spacial score (nSPS) is 11.4. The molecule has 3 aromatic rings. The van der Waals surface area contributed by atoms with Crippen molar-refractivity contribution in [3.63, 3.8) is 0 Å². The van der Waals surface area contributed by atoms with Crippen molar-refractivity contribution in [2.45, 2.75) is 12.8 Å². The Kier molecular flexibility index (Phi) is 5.64. The first-order valence-electron chi connectivity index (χ1n) is 8.79. The van der Waals surface area contributed by atoms with Gasteiger partial charge in [-0.1, -0.05) is 30.3 Å². The summed E-state index contributed by atoms with van der Waals surface area (Å²) in [6, 6.07) is 11.9. The molecule has 0 bridgehead atoms. The fourth-order valence-corrected chi connectivity index (χ4v) is 2.89. The molecule has 0 spiro atoms. The van der Waals surface area contributed by atoms with Crippen LogP contribution in [0.15, 0.2) is 64.2 Å². The number of hydrogen-bond donors (Lipinski definition) is 0. The highest BCUT2D eigenvalue weighted by atomic mass is 19.4. The quantitative estimate of drug-likeness (QED) is 0.611. The van der Waals surface area contributed by atoms with E-state index in [1.54, 1.807) is 18.2 Å². The Balaban J connectivity index is 1.87. The highest BCUT2D eigenvalue weighted by molar-refractivity contribution is 5.97. The third-order valence-corrected chi connectivity index (χ3v) is 4.65. The average molecular weight is 418 g/mol. The zero-order valence-electron chi connectivity index (χ0n) is 16.1. The molecule has 156 valence electrons. The van der Waals surface area contributed by atoms with Crippen LogP contribution in [-0.2, 0) is 31.6 Å². The molecule has 9 heteroatoms. The second-order valence-corrected chi connectivity index (χ2v) is 6.57. The molecule has 0 aliphatic heterocycles. The summed E-state index contributed by atoms with van der Waals surface area (Å²) in [5.41, 5.74) is -0.717. The van der Waals surface area contributed by atoms with E-state index < -0.39 is 29.0 Å². The monoisotopic (exact) mass is 418 g/mol. The maximum Gasteiger partial charge on any atom is 0.416 e. The van der Waals surface area contributed by atoms with Gasteiger partial charge in [-0.2, -0.15) is 13.2 Å². The molecule has 0 aliphatic carbocycles. The number of ether oxygens (including phenoxy) is 1. The standard InChI is InChI=1S/C21H17F3N2O4/c1-25-15(11-18(27)26(2)20(25)29)12-30-19(28)17-6-4-3-5-16(17)13-7-9-14(10-8-13)21(22,23)24/h3-11H,12H2,1-2H3. The van der Waals surface area contributed by atoms with Gasteiger partial charge in [0, 0.05) is 20.2 Å². The molecule has 0 unspecified atom stereocenters. The summed E-state index contributed by atoms with van der Waals surface area (Å²) in [5.74, 6) is -0.737. The molecule has 6 nitrogen and oxygen atoms in total. The second-order valence-electron chi connectivity index (χ2n) is 6.57. The van der Waals surface area contributed by atoms with Gasteiger partial charge in [-0.05, 0) is 29.3 Å². The summed E-state index contributed by atoms with van der Waals surface area (Å²) < 4.78 is 45.7. The summed E-state index contributed by atoms with van der Waals surface area (Å²) >= 11 is 0. The molecule has 0 N–H and O–H groups in total. The number of benzene rings is 2. The van der Waals surface area contributed by atoms with E-state index in [0.29, 0.717) is 11.1 Å². The van der Waals surface area contributed by atoms with Gasteiger partial charge in [-0.25, -0.2) is 9.59 Å². The van der Waals surface area contributed by atoms with Crippen LogP contribution in [0.25, 0.3) is 11.1 Å². The molecule has 0 fully saturated rings. The van der Waals surface area contributed by atoms with E-state index in [0.717, 1.165) is 16.7 Å². The van der Waals surface area contributed by atoms with Crippen LogP contribution in [0.2, 0.25) is 0 Å². The Morgan fingerprint density at radius 3 is 2.23 bits per heavy atom. The van der Waals surface area contributed by atoms with Crippen LogP contribution in [0.3, 0.4) is 0 Å². The Hall–Kier alpha value is -3.62. The van der Waals surface area contributed by atoms with Crippen LogP contribution in [0.5, 0.6) is 0 Å². The molecule has 0 aliphatic rings. The van der Waals surface area contributed by atoms with E-state index in [-0.39, 0.29) is 17.9 Å². The summed E-state index contributed by atoms with van der Waals surface area (Å²) in [7, 11) is 2.78. The minimum absolute atomic E-state index is 0.145. The lowest BCUT2D eigenvalue weighted by atomic mass is 9.98. The third kappa shape index (κ3) is 4.19. The Morgan fingerprint density at radius 1 is 0.967 bits per heavy atom. The zero-order chi connectivity index (χ0) is 22.1. The number of alkyl halides is 3. The highest BCUT2D eigenvalue weighted by Gasteiger charge is 2.30. The summed E-state index contributed by atoms with van der Waals surface area (Å²) in [4.78, 5) is 36.4. The van der Waals surface area contributed by atoms with Crippen molar-refractivity contribution in [2.24, 2.45) is 14.1 Å². The highest BCUT2D eigenvalue weighted by Crippen LogP contribution is 2.32. The number of aromatic nitrogens is 2. The van der Waals surface area contributed by atoms with E-state index in [2.05, 4.69) is 0 Å². The average Bonchev–Trinajstić information content (AvgIpc) is 2.73. The first kappa shape index (κ1) is 21.1. The van der Waals surface area contributed by atoms with Gasteiger partial charge in [0.25, 0.3) is 5.56 Å². The first-order valence-corrected chi connectivity index (χ1v) is 8.79. The van der Waals surface area contributed by atoms with Gasteiger partial charge in [0.1, 0.15) is 6.61 Å². The van der Waals surface area contributed by atoms with Gasteiger partial charge in [-0.3, -0.25) is 13.9 Å². The van der Waals surface area contributed by atoms with Crippen LogP contribution in [0, 0.1) is 0 Å². The molecular weight excluding hydrogens is 401 g/mol. The van der Waals surface area contributed by atoms with Crippen molar-refractivity contribution in [3.8, 4) is 11.1 Å². The van der Waals surface area contributed by atoms with Crippen LogP contribution in [0.4, 0.5) is 13.2 Å². The topological polar surface area (TPSA) is 70.3 Å². The lowest BCUT2D eigenvalue weighted by molar-refractivity contribution is -0.137. The van der Waals surface area contributed by atoms with Crippen LogP contribution in [-0.4, -0.2) is 15.1 Å². The predicted molar refractivity (Wildman–Crippen MR) is 103 cm³/mol. The van der Waals surface area contributed by atoms with Gasteiger partial charge in [-0.15, -0.1) is 0 Å². The summed E-state index contributed by atoms with van der Waals surface area (Å²) in [5, 5.41) is 0. The third-order valence-electron chi connectivity index (χ3n) is 4.65. The van der Waals surface area contributed by atoms with E-state index in [1.807, 2.05) is 0 Å². The molecule has 0 amide bonds. The van der Waals surface area contributed by atoms with Gasteiger partial charge in [0.15, 0.2) is 0 Å². The number of hydrogen-bond acceptors (Lipinski definition) is 4. The van der Waals surface area contributed by atoms with E-state index in [4.69, 9.17) is 4.74 Å². The Morgan fingerprint density at radius 2 is 1.60 bits per heavy atom. The Labute approximate surface area is 168 Å². The molecule has 2 aromatic carbocycles. The van der Waals surface area contributed by atoms with Gasteiger partial charge in [0.2, 0.25) is 0 Å². The SMILES string of the molecule is Cn1c(COC(=O)c2ccccc2-c2ccc(C(F)(F)F)cc2)cc(=O)n(C)c1=O. The van der Waals surface area contributed by atoms with Gasteiger partial charge < -0.3 is 4.74 Å². The molecular formula is C21H17F3N2O4. The number of esters is 1. The molecule has 0 atom stereocenters. The molecule has 3 rings (SSSR count). The number of rotatable bonds is 4. The minimum atomic E-state index is -4.46.